The summed E-state index contributed by atoms with van der Waals surface area (Å²) in [6, 6.07) is 0.652. The standard InChI is InChI=1S/C16H31N3O/c1-13(14-5-4-8-17-12-14)11-16(20)19-9-6-15(7-10-19)18(2)3/h13-15,17H,4-12H2,1-3H3. The zero-order valence-electron chi connectivity index (χ0n) is 13.4. The Morgan fingerprint density at radius 2 is 2.00 bits per heavy atom. The van der Waals surface area contributed by atoms with Crippen molar-refractivity contribution in [3.63, 3.8) is 0 Å². The fourth-order valence-electron chi connectivity index (χ4n) is 3.57. The molecule has 0 aromatic carbocycles. The first-order valence-corrected chi connectivity index (χ1v) is 8.23. The van der Waals surface area contributed by atoms with E-state index in [9.17, 15) is 4.79 Å². The zero-order valence-corrected chi connectivity index (χ0v) is 13.4. The molecule has 4 heteroatoms. The summed E-state index contributed by atoms with van der Waals surface area (Å²) in [7, 11) is 4.28. The largest absolute Gasteiger partial charge is 0.343 e. The van der Waals surface area contributed by atoms with Crippen molar-refractivity contribution < 1.29 is 4.79 Å². The van der Waals surface area contributed by atoms with Crippen LogP contribution in [0, 0.1) is 11.8 Å². The second kappa shape index (κ2) is 7.41. The molecule has 2 aliphatic rings. The monoisotopic (exact) mass is 281 g/mol. The molecule has 2 heterocycles. The van der Waals surface area contributed by atoms with Crippen molar-refractivity contribution in [2.45, 2.75) is 45.1 Å². The van der Waals surface area contributed by atoms with E-state index >= 15 is 0 Å². The molecular formula is C16H31N3O. The molecule has 0 radical (unpaired) electrons. The van der Waals surface area contributed by atoms with E-state index in [2.05, 4.69) is 36.1 Å². The molecule has 2 saturated heterocycles. The Morgan fingerprint density at radius 1 is 1.30 bits per heavy atom. The normalized spacial score (nSPS) is 26.8. The van der Waals surface area contributed by atoms with Gasteiger partial charge in [0, 0.05) is 25.6 Å². The van der Waals surface area contributed by atoms with E-state index in [1.54, 1.807) is 0 Å². The molecule has 0 saturated carbocycles. The highest BCUT2D eigenvalue weighted by Gasteiger charge is 2.27. The molecule has 2 aliphatic heterocycles. The molecule has 2 atom stereocenters. The van der Waals surface area contributed by atoms with Crippen LogP contribution >= 0.6 is 0 Å². The van der Waals surface area contributed by atoms with Gasteiger partial charge in [-0.05, 0) is 64.7 Å². The Labute approximate surface area is 123 Å². The third-order valence-electron chi connectivity index (χ3n) is 5.18. The minimum absolute atomic E-state index is 0.375. The third-order valence-corrected chi connectivity index (χ3v) is 5.18. The summed E-state index contributed by atoms with van der Waals surface area (Å²) in [5.41, 5.74) is 0. The van der Waals surface area contributed by atoms with E-state index in [1.165, 1.54) is 12.8 Å². The van der Waals surface area contributed by atoms with Gasteiger partial charge in [0.2, 0.25) is 5.91 Å². The molecule has 2 fully saturated rings. The van der Waals surface area contributed by atoms with E-state index in [1.807, 2.05) is 0 Å². The first-order chi connectivity index (χ1) is 9.58. The molecule has 2 rings (SSSR count). The van der Waals surface area contributed by atoms with Crippen molar-refractivity contribution in [2.24, 2.45) is 11.8 Å². The van der Waals surface area contributed by atoms with Gasteiger partial charge >= 0.3 is 0 Å². The van der Waals surface area contributed by atoms with Crippen LogP contribution in [-0.2, 0) is 4.79 Å². The molecule has 4 nitrogen and oxygen atoms in total. The van der Waals surface area contributed by atoms with Gasteiger partial charge in [0.15, 0.2) is 0 Å². The number of likely N-dealkylation sites (tertiary alicyclic amines) is 1. The van der Waals surface area contributed by atoms with Gasteiger partial charge in [0.1, 0.15) is 0 Å². The number of carbonyl (C=O) groups is 1. The van der Waals surface area contributed by atoms with E-state index in [0.717, 1.165) is 45.4 Å². The molecule has 0 aromatic heterocycles. The van der Waals surface area contributed by atoms with Crippen LogP contribution in [0.4, 0.5) is 0 Å². The van der Waals surface area contributed by atoms with Crippen molar-refractivity contribution >= 4 is 5.91 Å². The summed E-state index contributed by atoms with van der Waals surface area (Å²) in [5.74, 6) is 1.58. The van der Waals surface area contributed by atoms with Crippen molar-refractivity contribution in [3.8, 4) is 0 Å². The van der Waals surface area contributed by atoms with Gasteiger partial charge in [-0.1, -0.05) is 6.92 Å². The number of piperidine rings is 2. The van der Waals surface area contributed by atoms with Gasteiger partial charge in [-0.25, -0.2) is 0 Å². The quantitative estimate of drug-likeness (QED) is 0.849. The lowest BCUT2D eigenvalue weighted by Gasteiger charge is -2.36. The molecule has 0 aliphatic carbocycles. The maximum Gasteiger partial charge on any atom is 0.222 e. The average molecular weight is 281 g/mol. The lowest BCUT2D eigenvalue weighted by atomic mass is 9.85. The molecule has 2 unspecified atom stereocenters. The van der Waals surface area contributed by atoms with Crippen molar-refractivity contribution in [2.75, 3.05) is 40.3 Å². The smallest absolute Gasteiger partial charge is 0.222 e. The van der Waals surface area contributed by atoms with Gasteiger partial charge in [-0.3, -0.25) is 4.79 Å². The lowest BCUT2D eigenvalue weighted by Crippen LogP contribution is -2.45. The van der Waals surface area contributed by atoms with Gasteiger partial charge in [0.05, 0.1) is 0 Å². The van der Waals surface area contributed by atoms with Crippen LogP contribution in [0.15, 0.2) is 0 Å². The number of hydrogen-bond donors (Lipinski definition) is 1. The van der Waals surface area contributed by atoms with Crippen LogP contribution in [0.5, 0.6) is 0 Å². The minimum Gasteiger partial charge on any atom is -0.343 e. The van der Waals surface area contributed by atoms with E-state index < -0.39 is 0 Å². The maximum absolute atomic E-state index is 12.4. The second-order valence-electron chi connectivity index (χ2n) is 6.86. The molecule has 20 heavy (non-hydrogen) atoms. The Balaban J connectivity index is 1.74. The minimum atomic E-state index is 0.375. The molecule has 0 spiro atoms. The number of carbonyl (C=O) groups excluding carboxylic acids is 1. The molecular weight excluding hydrogens is 250 g/mol. The Kier molecular flexibility index (Phi) is 5.85. The maximum atomic E-state index is 12.4. The summed E-state index contributed by atoms with van der Waals surface area (Å²) in [6.45, 7) is 6.38. The summed E-state index contributed by atoms with van der Waals surface area (Å²) in [5, 5.41) is 3.46. The highest BCUT2D eigenvalue weighted by molar-refractivity contribution is 5.76. The average Bonchev–Trinajstić information content (AvgIpc) is 2.48. The predicted octanol–water partition coefficient (Wildman–Crippen LogP) is 1.56. The van der Waals surface area contributed by atoms with Crippen molar-refractivity contribution in [1.29, 1.82) is 0 Å². The van der Waals surface area contributed by atoms with Crippen LogP contribution < -0.4 is 5.32 Å². The van der Waals surface area contributed by atoms with Gasteiger partial charge in [-0.15, -0.1) is 0 Å². The number of rotatable bonds is 4. The summed E-state index contributed by atoms with van der Waals surface area (Å²) < 4.78 is 0. The van der Waals surface area contributed by atoms with Crippen LogP contribution in [0.1, 0.15) is 39.0 Å². The summed E-state index contributed by atoms with van der Waals surface area (Å²) >= 11 is 0. The third kappa shape index (κ3) is 4.19. The van der Waals surface area contributed by atoms with E-state index in [-0.39, 0.29) is 0 Å². The molecule has 116 valence electrons. The Hall–Kier alpha value is -0.610. The van der Waals surface area contributed by atoms with Crippen LogP contribution in [0.3, 0.4) is 0 Å². The van der Waals surface area contributed by atoms with Gasteiger partial charge in [-0.2, -0.15) is 0 Å². The number of nitrogens with zero attached hydrogens (tertiary/aromatic N) is 2. The first kappa shape index (κ1) is 15.8. The first-order valence-electron chi connectivity index (χ1n) is 8.23. The summed E-state index contributed by atoms with van der Waals surface area (Å²) in [4.78, 5) is 16.8. The van der Waals surface area contributed by atoms with Crippen molar-refractivity contribution in [3.05, 3.63) is 0 Å². The van der Waals surface area contributed by atoms with Gasteiger partial charge in [0.25, 0.3) is 0 Å². The number of amides is 1. The van der Waals surface area contributed by atoms with Crippen LogP contribution in [0.2, 0.25) is 0 Å². The molecule has 0 aromatic rings. The predicted molar refractivity (Wildman–Crippen MR) is 82.7 cm³/mol. The SMILES string of the molecule is CC(CC(=O)N1CCC(N(C)C)CC1)C1CCCNC1. The fourth-order valence-corrected chi connectivity index (χ4v) is 3.57. The molecule has 1 N–H and O–H groups in total. The van der Waals surface area contributed by atoms with Crippen LogP contribution in [0.25, 0.3) is 0 Å². The number of nitrogens with one attached hydrogen (secondary N) is 1. The highest BCUT2D eigenvalue weighted by atomic mass is 16.2. The van der Waals surface area contributed by atoms with E-state index in [4.69, 9.17) is 0 Å². The van der Waals surface area contributed by atoms with E-state index in [0.29, 0.717) is 23.8 Å². The molecule has 0 bridgehead atoms. The summed E-state index contributed by atoms with van der Waals surface area (Å²) in [6.07, 6.45) is 5.52. The highest BCUT2D eigenvalue weighted by Crippen LogP contribution is 2.24. The number of hydrogen-bond acceptors (Lipinski definition) is 3. The lowest BCUT2D eigenvalue weighted by molar-refractivity contribution is -0.134. The molecule has 1 amide bonds. The Morgan fingerprint density at radius 3 is 2.55 bits per heavy atom. The zero-order chi connectivity index (χ0) is 14.5. The van der Waals surface area contributed by atoms with Crippen molar-refractivity contribution in [1.82, 2.24) is 15.1 Å². The van der Waals surface area contributed by atoms with Gasteiger partial charge < -0.3 is 15.1 Å². The fraction of sp³-hybridized carbons (Fsp3) is 0.938. The van der Waals surface area contributed by atoms with Crippen LogP contribution in [-0.4, -0.2) is 62.0 Å². The second-order valence-corrected chi connectivity index (χ2v) is 6.86. The topological polar surface area (TPSA) is 35.6 Å². The Bertz CT molecular complexity index is 305.